The molecule has 1 amide bonds. The Morgan fingerprint density at radius 1 is 1.12 bits per heavy atom. The first kappa shape index (κ1) is 21.6. The molecule has 3 aromatic rings. The third-order valence-electron chi connectivity index (χ3n) is 6.30. The topological polar surface area (TPSA) is 73.0 Å². The molecule has 0 N–H and O–H groups in total. The van der Waals surface area contributed by atoms with E-state index in [4.69, 9.17) is 0 Å². The van der Waals surface area contributed by atoms with E-state index >= 15 is 0 Å². The van der Waals surface area contributed by atoms with Crippen LogP contribution < -0.4 is 5.69 Å². The molecule has 0 aliphatic carbocycles. The molecule has 7 nitrogen and oxygen atoms in total. The van der Waals surface area contributed by atoms with Crippen molar-refractivity contribution in [2.24, 2.45) is 0 Å². The normalized spacial score (nSPS) is 18.7. The van der Waals surface area contributed by atoms with E-state index in [-0.39, 0.29) is 28.9 Å². The van der Waals surface area contributed by atoms with Crippen molar-refractivity contribution in [1.29, 1.82) is 0 Å². The second kappa shape index (κ2) is 7.96. The highest BCUT2D eigenvalue weighted by Crippen LogP contribution is 2.32. The minimum Gasteiger partial charge on any atom is -0.341 e. The fraction of sp³-hybridized carbons (Fsp3) is 0.455. The highest BCUT2D eigenvalue weighted by atomic mass is 19.4. The van der Waals surface area contributed by atoms with E-state index < -0.39 is 29.4 Å². The molecule has 0 spiro atoms. The van der Waals surface area contributed by atoms with Crippen molar-refractivity contribution in [2.45, 2.75) is 50.9 Å². The summed E-state index contributed by atoms with van der Waals surface area (Å²) in [6, 6.07) is 3.47. The summed E-state index contributed by atoms with van der Waals surface area (Å²) in [6.07, 6.45) is -1.17. The molecule has 1 saturated heterocycles. The monoisotopic (exact) mass is 463 g/mol. The maximum atomic E-state index is 13.9. The number of rotatable bonds is 3. The van der Waals surface area contributed by atoms with Gasteiger partial charge in [0.2, 0.25) is 5.91 Å². The lowest BCUT2D eigenvalue weighted by atomic mass is 10.0. The summed E-state index contributed by atoms with van der Waals surface area (Å²) in [6.45, 7) is 1.01. The Balaban J connectivity index is 1.56. The van der Waals surface area contributed by atoms with Crippen molar-refractivity contribution in [3.63, 3.8) is 0 Å². The van der Waals surface area contributed by atoms with Crippen molar-refractivity contribution in [3.8, 4) is 0 Å². The number of hydrogen-bond donors (Lipinski definition) is 0. The molecule has 11 heteroatoms. The van der Waals surface area contributed by atoms with E-state index in [2.05, 4.69) is 10.1 Å². The predicted molar refractivity (Wildman–Crippen MR) is 110 cm³/mol. The van der Waals surface area contributed by atoms with Crippen LogP contribution in [0.2, 0.25) is 0 Å². The number of halogens is 4. The molecular weight excluding hydrogens is 442 g/mol. The van der Waals surface area contributed by atoms with Gasteiger partial charge in [-0.1, -0.05) is 0 Å². The van der Waals surface area contributed by atoms with Crippen molar-refractivity contribution >= 4 is 16.8 Å². The molecule has 2 aliphatic heterocycles. The van der Waals surface area contributed by atoms with Gasteiger partial charge in [0.05, 0.1) is 12.1 Å². The quantitative estimate of drug-likeness (QED) is 0.559. The minimum absolute atomic E-state index is 0.0275. The Morgan fingerprint density at radius 3 is 2.61 bits per heavy atom. The summed E-state index contributed by atoms with van der Waals surface area (Å²) in [5.41, 5.74) is -1.64. The number of amides is 1. The number of carbonyl (C=O) groups excluding carboxylic acids is 1. The third kappa shape index (κ3) is 3.89. The lowest BCUT2D eigenvalue weighted by Gasteiger charge is -2.27. The third-order valence-corrected chi connectivity index (χ3v) is 6.30. The van der Waals surface area contributed by atoms with Crippen molar-refractivity contribution < 1.29 is 22.4 Å². The Labute approximate surface area is 185 Å². The van der Waals surface area contributed by atoms with Crippen LogP contribution in [0.4, 0.5) is 17.6 Å². The predicted octanol–water partition coefficient (Wildman–Crippen LogP) is 3.30. The summed E-state index contributed by atoms with van der Waals surface area (Å²) >= 11 is 0. The molecule has 5 rings (SSSR count). The molecule has 0 unspecified atom stereocenters. The maximum absolute atomic E-state index is 13.9. The van der Waals surface area contributed by atoms with Gasteiger partial charge >= 0.3 is 11.9 Å². The summed E-state index contributed by atoms with van der Waals surface area (Å²) in [5.74, 6) is -0.312. The van der Waals surface area contributed by atoms with Gasteiger partial charge in [-0.15, -0.1) is 0 Å². The summed E-state index contributed by atoms with van der Waals surface area (Å²) in [4.78, 5) is 31.6. The highest BCUT2D eigenvalue weighted by Gasteiger charge is 2.35. The SMILES string of the molecule is O=C([C@@H]1CCCc2nn(Cc3cc(C(F)(F)F)nc4ccc(F)cc34)c(=O)n21)N1CCCC1. The second-order valence-electron chi connectivity index (χ2n) is 8.49. The second-order valence-corrected chi connectivity index (χ2v) is 8.49. The molecule has 0 bridgehead atoms. The van der Waals surface area contributed by atoms with Crippen LogP contribution in [0, 0.1) is 5.82 Å². The van der Waals surface area contributed by atoms with E-state index in [0.717, 1.165) is 35.7 Å². The fourth-order valence-corrected chi connectivity index (χ4v) is 4.72. The number of pyridine rings is 1. The lowest BCUT2D eigenvalue weighted by molar-refractivity contribution is -0.141. The Morgan fingerprint density at radius 2 is 1.88 bits per heavy atom. The average Bonchev–Trinajstić information content (AvgIpc) is 3.41. The molecule has 2 aliphatic rings. The number of carbonyl (C=O) groups is 1. The Hall–Kier alpha value is -3.24. The lowest BCUT2D eigenvalue weighted by Crippen LogP contribution is -2.41. The van der Waals surface area contributed by atoms with Crippen molar-refractivity contribution in [1.82, 2.24) is 24.2 Å². The zero-order valence-corrected chi connectivity index (χ0v) is 17.6. The highest BCUT2D eigenvalue weighted by molar-refractivity contribution is 5.82. The number of aryl methyl sites for hydroxylation is 1. The van der Waals surface area contributed by atoms with Gasteiger partial charge in [-0.2, -0.15) is 18.3 Å². The van der Waals surface area contributed by atoms with Gasteiger partial charge in [-0.3, -0.25) is 9.36 Å². The van der Waals surface area contributed by atoms with Crippen LogP contribution in [0.15, 0.2) is 29.1 Å². The maximum Gasteiger partial charge on any atom is 0.433 e. The number of likely N-dealkylation sites (tertiary alicyclic amines) is 1. The van der Waals surface area contributed by atoms with Crippen molar-refractivity contribution in [3.05, 3.63) is 57.6 Å². The van der Waals surface area contributed by atoms with E-state index in [0.29, 0.717) is 38.2 Å². The average molecular weight is 463 g/mol. The van der Waals surface area contributed by atoms with E-state index in [1.807, 2.05) is 0 Å². The van der Waals surface area contributed by atoms with Gasteiger partial charge in [-0.25, -0.2) is 18.9 Å². The summed E-state index contributed by atoms with van der Waals surface area (Å²) in [5, 5.41) is 4.50. The van der Waals surface area contributed by atoms with Crippen LogP contribution in [0.3, 0.4) is 0 Å². The van der Waals surface area contributed by atoms with Crippen molar-refractivity contribution in [2.75, 3.05) is 13.1 Å². The van der Waals surface area contributed by atoms with E-state index in [1.54, 1.807) is 4.90 Å². The van der Waals surface area contributed by atoms with Crippen LogP contribution in [0.5, 0.6) is 0 Å². The zero-order chi connectivity index (χ0) is 23.3. The van der Waals surface area contributed by atoms with Gasteiger partial charge in [0, 0.05) is 24.9 Å². The Bertz CT molecular complexity index is 1290. The number of fused-ring (bicyclic) bond motifs is 2. The van der Waals surface area contributed by atoms with Gasteiger partial charge in [-0.05, 0) is 55.5 Å². The molecule has 33 heavy (non-hydrogen) atoms. The molecule has 174 valence electrons. The van der Waals surface area contributed by atoms with E-state index in [1.165, 1.54) is 10.6 Å². The minimum atomic E-state index is -4.71. The first-order valence-corrected chi connectivity index (χ1v) is 10.9. The number of nitrogens with zero attached hydrogens (tertiary/aromatic N) is 5. The molecule has 0 saturated carbocycles. The Kier molecular flexibility index (Phi) is 5.21. The standard InChI is InChI=1S/C22H21F4N5O2/c23-14-6-7-16-15(11-14)13(10-18(27-16)22(24,25)26)12-30-21(33)31-17(4-3-5-19(31)28-30)20(32)29-8-1-2-9-29/h6-7,10-11,17H,1-5,8-9,12H2/t17-/m0/s1. The van der Waals surface area contributed by atoms with Gasteiger partial charge in [0.15, 0.2) is 0 Å². The fourth-order valence-electron chi connectivity index (χ4n) is 4.72. The van der Waals surface area contributed by atoms with Crippen LogP contribution >= 0.6 is 0 Å². The summed E-state index contributed by atoms with van der Waals surface area (Å²) in [7, 11) is 0. The molecule has 0 radical (unpaired) electrons. The smallest absolute Gasteiger partial charge is 0.341 e. The number of aromatic nitrogens is 4. The van der Waals surface area contributed by atoms with Gasteiger partial charge in [0.25, 0.3) is 0 Å². The molecule has 2 aromatic heterocycles. The zero-order valence-electron chi connectivity index (χ0n) is 17.6. The van der Waals surface area contributed by atoms with Crippen LogP contribution in [-0.2, 0) is 23.9 Å². The molecule has 1 fully saturated rings. The van der Waals surface area contributed by atoms with Crippen LogP contribution in [0.1, 0.15) is 48.8 Å². The van der Waals surface area contributed by atoms with Gasteiger partial charge < -0.3 is 4.90 Å². The molecule has 4 heterocycles. The first-order chi connectivity index (χ1) is 15.7. The molecule has 1 aromatic carbocycles. The molecular formula is C22H21F4N5O2. The summed E-state index contributed by atoms with van der Waals surface area (Å²) < 4.78 is 56.5. The first-order valence-electron chi connectivity index (χ1n) is 10.9. The van der Waals surface area contributed by atoms with Crippen LogP contribution in [0.25, 0.3) is 10.9 Å². The van der Waals surface area contributed by atoms with Gasteiger partial charge in [0.1, 0.15) is 23.4 Å². The number of alkyl halides is 3. The van der Waals surface area contributed by atoms with E-state index in [9.17, 15) is 27.2 Å². The largest absolute Gasteiger partial charge is 0.433 e. The van der Waals surface area contributed by atoms with Crippen LogP contribution in [-0.4, -0.2) is 43.2 Å². The number of benzene rings is 1. The molecule has 1 atom stereocenters. The number of hydrogen-bond acceptors (Lipinski definition) is 4.